The first-order valence-corrected chi connectivity index (χ1v) is 7.32. The molecule has 2 amide bonds. The Bertz CT molecular complexity index is 703. The van der Waals surface area contributed by atoms with Crippen molar-refractivity contribution in [1.29, 1.82) is 0 Å². The maximum atomic E-state index is 12.2. The summed E-state index contributed by atoms with van der Waals surface area (Å²) in [6.45, 7) is 2.54. The molecule has 0 atom stereocenters. The fourth-order valence-corrected chi connectivity index (χ4v) is 1.88. The molecule has 2 aromatic rings. The molecule has 126 valence electrons. The molecule has 24 heavy (non-hydrogen) atoms. The maximum absolute atomic E-state index is 12.2. The smallest absolute Gasteiger partial charge is 0.258 e. The van der Waals surface area contributed by atoms with Crippen molar-refractivity contribution < 1.29 is 14.3 Å². The summed E-state index contributed by atoms with van der Waals surface area (Å²) >= 11 is 0. The number of carbonyl (C=O) groups excluding carboxylic acids is 2. The van der Waals surface area contributed by atoms with E-state index < -0.39 is 0 Å². The maximum Gasteiger partial charge on any atom is 0.258 e. The lowest BCUT2D eigenvalue weighted by Crippen LogP contribution is -2.15. The van der Waals surface area contributed by atoms with E-state index in [1.165, 1.54) is 19.3 Å². The Balaban J connectivity index is 1.98. The molecule has 0 saturated heterocycles. The summed E-state index contributed by atoms with van der Waals surface area (Å²) in [5.74, 6) is -0.0851. The summed E-state index contributed by atoms with van der Waals surface area (Å²) < 4.78 is 4.92. The largest absolute Gasteiger partial charge is 0.383 e. The van der Waals surface area contributed by atoms with Gasteiger partial charge in [-0.3, -0.25) is 9.59 Å². The van der Waals surface area contributed by atoms with Crippen LogP contribution in [-0.4, -0.2) is 42.0 Å². The standard InChI is InChI=1S/C16H19N5O3/c1-11(22)20-13-4-3-5-14(8-13)21-15(23)12-9-18-16(19-10-12)17-6-7-24-2/h3-5,8-10H,6-7H2,1-2H3,(H,20,22)(H,21,23)(H,17,18,19). The first kappa shape index (κ1) is 17.4. The lowest BCUT2D eigenvalue weighted by atomic mass is 10.2. The van der Waals surface area contributed by atoms with Crippen LogP contribution in [-0.2, 0) is 9.53 Å². The van der Waals surface area contributed by atoms with Gasteiger partial charge < -0.3 is 20.7 Å². The zero-order chi connectivity index (χ0) is 17.4. The van der Waals surface area contributed by atoms with Gasteiger partial charge in [-0.05, 0) is 18.2 Å². The van der Waals surface area contributed by atoms with E-state index in [-0.39, 0.29) is 11.8 Å². The summed E-state index contributed by atoms with van der Waals surface area (Å²) in [6.07, 6.45) is 2.88. The first-order chi connectivity index (χ1) is 11.6. The van der Waals surface area contributed by atoms with E-state index in [0.29, 0.717) is 36.0 Å². The van der Waals surface area contributed by atoms with Crippen molar-refractivity contribution in [3.05, 3.63) is 42.2 Å². The van der Waals surface area contributed by atoms with Crippen LogP contribution in [0.1, 0.15) is 17.3 Å². The van der Waals surface area contributed by atoms with Gasteiger partial charge in [0.25, 0.3) is 5.91 Å². The molecule has 1 aromatic heterocycles. The van der Waals surface area contributed by atoms with E-state index in [2.05, 4.69) is 25.9 Å². The lowest BCUT2D eigenvalue weighted by molar-refractivity contribution is -0.114. The number of methoxy groups -OCH3 is 1. The summed E-state index contributed by atoms with van der Waals surface area (Å²) in [5, 5.41) is 8.36. The van der Waals surface area contributed by atoms with Crippen LogP contribution in [0.15, 0.2) is 36.7 Å². The number of nitrogens with one attached hydrogen (secondary N) is 3. The number of hydrogen-bond donors (Lipinski definition) is 3. The number of amides is 2. The van der Waals surface area contributed by atoms with Gasteiger partial charge in [-0.15, -0.1) is 0 Å². The molecule has 0 saturated carbocycles. The second-order valence-corrected chi connectivity index (χ2v) is 4.93. The molecule has 0 aliphatic heterocycles. The molecule has 0 radical (unpaired) electrons. The van der Waals surface area contributed by atoms with Crippen molar-refractivity contribution in [2.45, 2.75) is 6.92 Å². The SMILES string of the molecule is COCCNc1ncc(C(=O)Nc2cccc(NC(C)=O)c2)cn1. The van der Waals surface area contributed by atoms with E-state index in [1.807, 2.05) is 0 Å². The molecule has 0 spiro atoms. The van der Waals surface area contributed by atoms with Gasteiger partial charge in [0.05, 0.1) is 12.2 Å². The van der Waals surface area contributed by atoms with Crippen molar-refractivity contribution in [3.63, 3.8) is 0 Å². The molecule has 3 N–H and O–H groups in total. The monoisotopic (exact) mass is 329 g/mol. The molecule has 1 heterocycles. The van der Waals surface area contributed by atoms with Crippen LogP contribution >= 0.6 is 0 Å². The van der Waals surface area contributed by atoms with Crippen LogP contribution in [0.4, 0.5) is 17.3 Å². The van der Waals surface area contributed by atoms with Crippen molar-refractivity contribution in [3.8, 4) is 0 Å². The predicted molar refractivity (Wildman–Crippen MR) is 91.1 cm³/mol. The van der Waals surface area contributed by atoms with Crippen LogP contribution < -0.4 is 16.0 Å². The molecule has 0 fully saturated rings. The summed E-state index contributed by atoms with van der Waals surface area (Å²) in [6, 6.07) is 6.87. The average Bonchev–Trinajstić information content (AvgIpc) is 2.55. The van der Waals surface area contributed by atoms with Gasteiger partial charge >= 0.3 is 0 Å². The lowest BCUT2D eigenvalue weighted by Gasteiger charge is -2.08. The van der Waals surface area contributed by atoms with Gasteiger partial charge in [0.1, 0.15) is 0 Å². The van der Waals surface area contributed by atoms with Crippen molar-refractivity contribution in [2.24, 2.45) is 0 Å². The number of benzene rings is 1. The van der Waals surface area contributed by atoms with Gasteiger partial charge in [0.2, 0.25) is 11.9 Å². The van der Waals surface area contributed by atoms with Crippen LogP contribution in [0.25, 0.3) is 0 Å². The molecule has 1 aromatic carbocycles. The Labute approximate surface area is 139 Å². The molecule has 0 aliphatic carbocycles. The second-order valence-electron chi connectivity index (χ2n) is 4.93. The number of hydrogen-bond acceptors (Lipinski definition) is 6. The Hall–Kier alpha value is -3.00. The van der Waals surface area contributed by atoms with Crippen LogP contribution in [0, 0.1) is 0 Å². The highest BCUT2D eigenvalue weighted by molar-refractivity contribution is 6.04. The first-order valence-electron chi connectivity index (χ1n) is 7.32. The minimum atomic E-state index is -0.335. The molecule has 0 unspecified atom stereocenters. The topological polar surface area (TPSA) is 105 Å². The van der Waals surface area contributed by atoms with Gasteiger partial charge in [-0.1, -0.05) is 6.07 Å². The van der Waals surface area contributed by atoms with Crippen molar-refractivity contribution in [1.82, 2.24) is 9.97 Å². The second kappa shape index (κ2) is 8.59. The van der Waals surface area contributed by atoms with Crippen LogP contribution in [0.5, 0.6) is 0 Å². The Morgan fingerprint density at radius 1 is 1.12 bits per heavy atom. The van der Waals surface area contributed by atoms with E-state index in [9.17, 15) is 9.59 Å². The van der Waals surface area contributed by atoms with Crippen LogP contribution in [0.3, 0.4) is 0 Å². The Morgan fingerprint density at radius 2 is 1.79 bits per heavy atom. The van der Waals surface area contributed by atoms with Gasteiger partial charge in [-0.2, -0.15) is 0 Å². The molecule has 8 heteroatoms. The van der Waals surface area contributed by atoms with E-state index in [4.69, 9.17) is 4.74 Å². The molecule has 0 aliphatic rings. The highest BCUT2D eigenvalue weighted by Gasteiger charge is 2.08. The van der Waals surface area contributed by atoms with Crippen molar-refractivity contribution >= 4 is 29.1 Å². The van der Waals surface area contributed by atoms with Gasteiger partial charge in [0.15, 0.2) is 0 Å². The fourth-order valence-electron chi connectivity index (χ4n) is 1.88. The van der Waals surface area contributed by atoms with Crippen molar-refractivity contribution in [2.75, 3.05) is 36.2 Å². The fraction of sp³-hybridized carbons (Fsp3) is 0.250. The number of ether oxygens (including phenoxy) is 1. The Morgan fingerprint density at radius 3 is 2.42 bits per heavy atom. The predicted octanol–water partition coefficient (Wildman–Crippen LogP) is 1.75. The van der Waals surface area contributed by atoms with Gasteiger partial charge in [0, 0.05) is 44.3 Å². The number of aromatic nitrogens is 2. The summed E-state index contributed by atoms with van der Waals surface area (Å²) in [4.78, 5) is 31.4. The number of rotatable bonds is 7. The number of nitrogens with zero attached hydrogens (tertiary/aromatic N) is 2. The third kappa shape index (κ3) is 5.33. The summed E-state index contributed by atoms with van der Waals surface area (Å²) in [7, 11) is 1.61. The Kier molecular flexibility index (Phi) is 6.21. The molecule has 8 nitrogen and oxygen atoms in total. The molecular formula is C16H19N5O3. The molecule has 2 rings (SSSR count). The third-order valence-corrected chi connectivity index (χ3v) is 2.94. The van der Waals surface area contributed by atoms with Gasteiger partial charge in [-0.25, -0.2) is 9.97 Å². The minimum Gasteiger partial charge on any atom is -0.383 e. The van der Waals surface area contributed by atoms with E-state index >= 15 is 0 Å². The minimum absolute atomic E-state index is 0.177. The third-order valence-electron chi connectivity index (χ3n) is 2.94. The number of carbonyl (C=O) groups is 2. The average molecular weight is 329 g/mol. The number of anilines is 3. The molecule has 0 bridgehead atoms. The highest BCUT2D eigenvalue weighted by Crippen LogP contribution is 2.16. The summed E-state index contributed by atoms with van der Waals surface area (Å²) in [5.41, 5.74) is 1.50. The molecular weight excluding hydrogens is 310 g/mol. The van der Waals surface area contributed by atoms with Crippen LogP contribution in [0.2, 0.25) is 0 Å². The quantitative estimate of drug-likeness (QED) is 0.668. The van der Waals surface area contributed by atoms with E-state index in [1.54, 1.807) is 31.4 Å². The zero-order valence-electron chi connectivity index (χ0n) is 13.5. The zero-order valence-corrected chi connectivity index (χ0v) is 13.5. The highest BCUT2D eigenvalue weighted by atomic mass is 16.5. The van der Waals surface area contributed by atoms with E-state index in [0.717, 1.165) is 0 Å². The normalized spacial score (nSPS) is 10.1.